The number of rotatable bonds is 1. The van der Waals surface area contributed by atoms with E-state index < -0.39 is 0 Å². The van der Waals surface area contributed by atoms with Gasteiger partial charge in [0.15, 0.2) is 5.82 Å². The molecule has 3 aromatic rings. The molecule has 0 saturated carbocycles. The molecule has 0 aliphatic carbocycles. The molecule has 1 aliphatic heterocycles. The molecule has 106 valence electrons. The minimum atomic E-state index is -0.105. The van der Waals surface area contributed by atoms with Crippen molar-refractivity contribution in [2.45, 2.75) is 13.1 Å². The average Bonchev–Trinajstić information content (AvgIpc) is 3.11. The van der Waals surface area contributed by atoms with Crippen LogP contribution in [0.25, 0.3) is 10.3 Å². The highest BCUT2D eigenvalue weighted by Gasteiger charge is 2.26. The van der Waals surface area contributed by atoms with Crippen LogP contribution in [0, 0.1) is 0 Å². The molecule has 0 radical (unpaired) electrons. The van der Waals surface area contributed by atoms with Gasteiger partial charge in [-0.25, -0.2) is 9.97 Å². The number of nitrogens with zero attached hydrogens (tertiary/aromatic N) is 6. The van der Waals surface area contributed by atoms with Crippen LogP contribution in [0.1, 0.15) is 15.5 Å². The molecule has 0 bridgehead atoms. The first kappa shape index (κ1) is 12.2. The number of hydrogen-bond acceptors (Lipinski definition) is 7. The first-order valence-corrected chi connectivity index (χ1v) is 7.20. The smallest absolute Gasteiger partial charge is 0.266 e. The molecule has 8 nitrogen and oxygen atoms in total. The summed E-state index contributed by atoms with van der Waals surface area (Å²) >= 11 is 1.28. The van der Waals surface area contributed by atoms with E-state index in [2.05, 4.69) is 20.2 Å². The van der Waals surface area contributed by atoms with E-state index in [4.69, 9.17) is 5.73 Å². The van der Waals surface area contributed by atoms with Gasteiger partial charge < -0.3 is 15.2 Å². The van der Waals surface area contributed by atoms with E-state index in [1.165, 1.54) is 11.3 Å². The summed E-state index contributed by atoms with van der Waals surface area (Å²) in [6, 6.07) is 0. The zero-order valence-corrected chi connectivity index (χ0v) is 11.7. The van der Waals surface area contributed by atoms with Crippen molar-refractivity contribution < 1.29 is 4.79 Å². The summed E-state index contributed by atoms with van der Waals surface area (Å²) in [5.41, 5.74) is 7.04. The van der Waals surface area contributed by atoms with Gasteiger partial charge in [0.05, 0.1) is 12.2 Å². The maximum absolute atomic E-state index is 12.7. The van der Waals surface area contributed by atoms with Crippen molar-refractivity contribution in [2.75, 3.05) is 12.3 Å². The summed E-state index contributed by atoms with van der Waals surface area (Å²) in [6.07, 6.45) is 4.84. The normalized spacial score (nSPS) is 14.4. The van der Waals surface area contributed by atoms with Gasteiger partial charge in [-0.2, -0.15) is 0 Å². The summed E-state index contributed by atoms with van der Waals surface area (Å²) in [4.78, 5) is 23.9. The SMILES string of the molecule is Nc1c(C(=O)N2CCn3cnnc3C2)sc2nccnc12. The molecule has 0 saturated heterocycles. The number of nitrogens with two attached hydrogens (primary N) is 1. The summed E-state index contributed by atoms with van der Waals surface area (Å²) in [5, 5.41) is 7.87. The van der Waals surface area contributed by atoms with Gasteiger partial charge in [-0.3, -0.25) is 4.79 Å². The first-order chi connectivity index (χ1) is 10.2. The van der Waals surface area contributed by atoms with E-state index in [0.29, 0.717) is 40.5 Å². The zero-order chi connectivity index (χ0) is 14.4. The Morgan fingerprint density at radius 1 is 1.29 bits per heavy atom. The van der Waals surface area contributed by atoms with E-state index in [1.807, 2.05) is 4.57 Å². The second-order valence-electron chi connectivity index (χ2n) is 4.72. The minimum absolute atomic E-state index is 0.105. The highest BCUT2D eigenvalue weighted by molar-refractivity contribution is 7.21. The molecule has 2 N–H and O–H groups in total. The number of carbonyl (C=O) groups excluding carboxylic acids is 1. The largest absolute Gasteiger partial charge is 0.396 e. The van der Waals surface area contributed by atoms with Crippen LogP contribution in [0.15, 0.2) is 18.7 Å². The molecule has 1 aliphatic rings. The molecule has 0 spiro atoms. The van der Waals surface area contributed by atoms with Gasteiger partial charge in [0.25, 0.3) is 5.91 Å². The second kappa shape index (κ2) is 4.48. The standard InChI is InChI=1S/C12H11N7OS/c13-8-9-11(15-2-1-14-9)21-10(8)12(20)18-3-4-19-6-16-17-7(19)5-18/h1-2,6H,3-5,13H2. The lowest BCUT2D eigenvalue weighted by atomic mass is 10.3. The highest BCUT2D eigenvalue weighted by Crippen LogP contribution is 2.31. The van der Waals surface area contributed by atoms with Gasteiger partial charge in [-0.15, -0.1) is 21.5 Å². The number of carbonyl (C=O) groups is 1. The molecule has 1 amide bonds. The molecule has 0 unspecified atom stereocenters. The number of amides is 1. The number of nitrogen functional groups attached to an aromatic ring is 1. The molecule has 9 heteroatoms. The van der Waals surface area contributed by atoms with Crippen molar-refractivity contribution in [2.24, 2.45) is 0 Å². The Morgan fingerprint density at radius 2 is 2.14 bits per heavy atom. The van der Waals surface area contributed by atoms with Crippen molar-refractivity contribution in [3.05, 3.63) is 29.4 Å². The average molecular weight is 301 g/mol. The third-order valence-corrected chi connectivity index (χ3v) is 4.57. The van der Waals surface area contributed by atoms with Gasteiger partial charge in [0.1, 0.15) is 21.6 Å². The Labute approximate surface area is 123 Å². The van der Waals surface area contributed by atoms with E-state index in [0.717, 1.165) is 5.82 Å². The van der Waals surface area contributed by atoms with E-state index >= 15 is 0 Å². The summed E-state index contributed by atoms with van der Waals surface area (Å²) in [5.74, 6) is 0.678. The van der Waals surface area contributed by atoms with Crippen LogP contribution in [-0.4, -0.2) is 42.1 Å². The van der Waals surface area contributed by atoms with Crippen LogP contribution in [0.4, 0.5) is 5.69 Å². The van der Waals surface area contributed by atoms with Crippen molar-refractivity contribution >= 4 is 33.3 Å². The molecule has 3 aromatic heterocycles. The van der Waals surface area contributed by atoms with E-state index in [1.54, 1.807) is 23.6 Å². The lowest BCUT2D eigenvalue weighted by molar-refractivity contribution is 0.0713. The predicted molar refractivity (Wildman–Crippen MR) is 76.6 cm³/mol. The summed E-state index contributed by atoms with van der Waals surface area (Å²) in [6.45, 7) is 1.74. The Morgan fingerprint density at radius 3 is 3.00 bits per heavy atom. The van der Waals surface area contributed by atoms with Gasteiger partial charge in [0, 0.05) is 25.5 Å². The predicted octanol–water partition coefficient (Wildman–Crippen LogP) is 0.521. The quantitative estimate of drug-likeness (QED) is 0.703. The zero-order valence-electron chi connectivity index (χ0n) is 10.9. The molecule has 0 fully saturated rings. The molecule has 4 heterocycles. The lowest BCUT2D eigenvalue weighted by Gasteiger charge is -2.26. The van der Waals surface area contributed by atoms with Crippen molar-refractivity contribution in [1.82, 2.24) is 29.6 Å². The van der Waals surface area contributed by atoms with E-state index in [9.17, 15) is 4.79 Å². The van der Waals surface area contributed by atoms with Gasteiger partial charge >= 0.3 is 0 Å². The van der Waals surface area contributed by atoms with E-state index in [-0.39, 0.29) is 5.91 Å². The van der Waals surface area contributed by atoms with Crippen LogP contribution in [-0.2, 0) is 13.1 Å². The Balaban J connectivity index is 1.69. The van der Waals surface area contributed by atoms with Gasteiger partial charge in [-0.1, -0.05) is 0 Å². The van der Waals surface area contributed by atoms with Crippen LogP contribution < -0.4 is 5.73 Å². The maximum Gasteiger partial charge on any atom is 0.266 e. The highest BCUT2D eigenvalue weighted by atomic mass is 32.1. The number of fused-ring (bicyclic) bond motifs is 2. The fraction of sp³-hybridized carbons (Fsp3) is 0.250. The Hall–Kier alpha value is -2.55. The fourth-order valence-electron chi connectivity index (χ4n) is 2.39. The Kier molecular flexibility index (Phi) is 2.61. The maximum atomic E-state index is 12.7. The minimum Gasteiger partial charge on any atom is -0.396 e. The molecule has 0 aromatic carbocycles. The lowest BCUT2D eigenvalue weighted by Crippen LogP contribution is -2.38. The first-order valence-electron chi connectivity index (χ1n) is 6.39. The van der Waals surface area contributed by atoms with Crippen LogP contribution in [0.2, 0.25) is 0 Å². The monoisotopic (exact) mass is 301 g/mol. The van der Waals surface area contributed by atoms with Crippen molar-refractivity contribution in [3.63, 3.8) is 0 Å². The molecular formula is C12H11N7OS. The second-order valence-corrected chi connectivity index (χ2v) is 5.72. The van der Waals surface area contributed by atoms with Gasteiger partial charge in [-0.05, 0) is 0 Å². The van der Waals surface area contributed by atoms with Crippen molar-refractivity contribution in [3.8, 4) is 0 Å². The Bertz CT molecular complexity index is 839. The van der Waals surface area contributed by atoms with Crippen LogP contribution in [0.3, 0.4) is 0 Å². The van der Waals surface area contributed by atoms with Gasteiger partial charge in [0.2, 0.25) is 0 Å². The molecule has 0 atom stereocenters. The number of aromatic nitrogens is 5. The number of hydrogen-bond donors (Lipinski definition) is 1. The topological polar surface area (TPSA) is 103 Å². The van der Waals surface area contributed by atoms with Crippen LogP contribution >= 0.6 is 11.3 Å². The fourth-order valence-corrected chi connectivity index (χ4v) is 3.38. The molecule has 4 rings (SSSR count). The van der Waals surface area contributed by atoms with Crippen LogP contribution in [0.5, 0.6) is 0 Å². The third-order valence-electron chi connectivity index (χ3n) is 3.48. The number of anilines is 1. The summed E-state index contributed by atoms with van der Waals surface area (Å²) in [7, 11) is 0. The number of thiophene rings is 1. The third kappa shape index (κ3) is 1.85. The molecule has 21 heavy (non-hydrogen) atoms. The molecular weight excluding hydrogens is 290 g/mol. The summed E-state index contributed by atoms with van der Waals surface area (Å²) < 4.78 is 1.95. The van der Waals surface area contributed by atoms with Crippen molar-refractivity contribution in [1.29, 1.82) is 0 Å².